The highest BCUT2D eigenvalue weighted by Gasteiger charge is 2.28. The van der Waals surface area contributed by atoms with Gasteiger partial charge >= 0.3 is 0 Å². The van der Waals surface area contributed by atoms with E-state index in [9.17, 15) is 9.59 Å². The smallest absolute Gasteiger partial charge is 0.280 e. The number of fused-ring (bicyclic) bond motifs is 2. The molecule has 4 rings (SSSR count). The van der Waals surface area contributed by atoms with E-state index in [1.54, 1.807) is 26.4 Å². The van der Waals surface area contributed by atoms with Crippen molar-refractivity contribution in [3.63, 3.8) is 0 Å². The number of allylic oxidation sites excluding steroid dienone is 1. The topological polar surface area (TPSA) is 105 Å². The molecule has 2 N–H and O–H groups in total. The van der Waals surface area contributed by atoms with Gasteiger partial charge in [0, 0.05) is 36.8 Å². The van der Waals surface area contributed by atoms with E-state index in [4.69, 9.17) is 9.47 Å². The van der Waals surface area contributed by atoms with Crippen LogP contribution in [0.1, 0.15) is 5.56 Å². The molecule has 0 saturated carbocycles. The van der Waals surface area contributed by atoms with Crippen LogP contribution < -0.4 is 5.32 Å². The van der Waals surface area contributed by atoms with Crippen molar-refractivity contribution in [3.8, 4) is 0 Å². The standard InChI is InChI=1S/C23H24N4O4S/c1-30-19-9-16-18(10-20(19)31-2)26-21(27-23(16)29)12-32-13-22(28)24-8-7-14-11-25-17-6-4-3-5-15(14)17/h3-6,9-11,19,25H,7-8,12-13H2,1-2H3,(H,24,28). The fourth-order valence-corrected chi connectivity index (χ4v) is 4.31. The summed E-state index contributed by atoms with van der Waals surface area (Å²) in [6, 6.07) is 8.10. The molecule has 0 bridgehead atoms. The number of aromatic amines is 1. The quantitative estimate of drug-likeness (QED) is 0.608. The molecule has 1 unspecified atom stereocenters. The molecular weight excluding hydrogens is 428 g/mol. The largest absolute Gasteiger partial charge is 0.498 e. The van der Waals surface area contributed by atoms with Crippen LogP contribution in [0.2, 0.25) is 0 Å². The molecular formula is C23H24N4O4S. The first kappa shape index (κ1) is 22.0. The summed E-state index contributed by atoms with van der Waals surface area (Å²) < 4.78 is 10.6. The molecule has 9 heteroatoms. The van der Waals surface area contributed by atoms with Crippen molar-refractivity contribution in [2.45, 2.75) is 12.5 Å². The first-order chi connectivity index (χ1) is 15.6. The Labute approximate surface area is 189 Å². The molecule has 2 heterocycles. The lowest BCUT2D eigenvalue weighted by Crippen LogP contribution is -2.29. The number of hydrogen-bond acceptors (Lipinski definition) is 6. The van der Waals surface area contributed by atoms with E-state index in [1.165, 1.54) is 22.7 Å². The van der Waals surface area contributed by atoms with Gasteiger partial charge in [0.25, 0.3) is 5.91 Å². The number of benzene rings is 1. The number of ether oxygens (including phenoxy) is 2. The van der Waals surface area contributed by atoms with Gasteiger partial charge in [-0.1, -0.05) is 18.2 Å². The normalized spacial score (nSPS) is 17.8. The highest BCUT2D eigenvalue weighted by molar-refractivity contribution is 8.00. The molecule has 32 heavy (non-hydrogen) atoms. The maximum absolute atomic E-state index is 12.4. The first-order valence-corrected chi connectivity index (χ1v) is 11.3. The van der Waals surface area contributed by atoms with Crippen molar-refractivity contribution < 1.29 is 19.1 Å². The Bertz CT molecular complexity index is 1160. The lowest BCUT2D eigenvalue weighted by atomic mass is 9.99. The summed E-state index contributed by atoms with van der Waals surface area (Å²) in [5.74, 6) is 1.17. The number of para-hydroxylation sites is 1. The average molecular weight is 453 g/mol. The van der Waals surface area contributed by atoms with Crippen LogP contribution in [0.3, 0.4) is 0 Å². The number of aliphatic imine (C=N–C) groups is 2. The lowest BCUT2D eigenvalue weighted by Gasteiger charge is -2.22. The highest BCUT2D eigenvalue weighted by Crippen LogP contribution is 2.23. The number of amidine groups is 1. The zero-order valence-corrected chi connectivity index (χ0v) is 18.7. The van der Waals surface area contributed by atoms with Gasteiger partial charge in [0.2, 0.25) is 5.91 Å². The molecule has 1 aliphatic heterocycles. The second-order valence-corrected chi connectivity index (χ2v) is 8.26. The third-order valence-corrected chi connectivity index (χ3v) is 6.14. The monoisotopic (exact) mass is 452 g/mol. The molecule has 8 nitrogen and oxygen atoms in total. The number of carbonyl (C=O) groups is 2. The van der Waals surface area contributed by atoms with E-state index >= 15 is 0 Å². The molecule has 166 valence electrons. The van der Waals surface area contributed by atoms with E-state index in [2.05, 4.69) is 26.4 Å². The Kier molecular flexibility index (Phi) is 6.87. The molecule has 0 fully saturated rings. The number of nitrogens with one attached hydrogen (secondary N) is 2. The van der Waals surface area contributed by atoms with Gasteiger partial charge < -0.3 is 19.8 Å². The molecule has 0 saturated heterocycles. The van der Waals surface area contributed by atoms with Crippen LogP contribution in [0.25, 0.3) is 10.9 Å². The van der Waals surface area contributed by atoms with E-state index in [-0.39, 0.29) is 17.6 Å². The number of nitrogens with zero attached hydrogens (tertiary/aromatic N) is 2. The third-order valence-electron chi connectivity index (χ3n) is 5.21. The van der Waals surface area contributed by atoms with Crippen molar-refractivity contribution in [3.05, 3.63) is 59.5 Å². The number of hydrogen-bond donors (Lipinski definition) is 2. The van der Waals surface area contributed by atoms with Crippen molar-refractivity contribution in [1.82, 2.24) is 10.3 Å². The minimum absolute atomic E-state index is 0.0621. The molecule has 1 aromatic carbocycles. The second-order valence-electron chi connectivity index (χ2n) is 7.27. The predicted molar refractivity (Wildman–Crippen MR) is 126 cm³/mol. The summed E-state index contributed by atoms with van der Waals surface area (Å²) in [5.41, 5.74) is 3.18. The Morgan fingerprint density at radius 2 is 2.09 bits per heavy atom. The number of methoxy groups -OCH3 is 2. The number of carbonyl (C=O) groups excluding carboxylic acids is 2. The van der Waals surface area contributed by atoms with Crippen LogP contribution in [-0.4, -0.2) is 66.7 Å². The van der Waals surface area contributed by atoms with Crippen LogP contribution >= 0.6 is 11.8 Å². The number of amides is 2. The van der Waals surface area contributed by atoms with Gasteiger partial charge in [-0.15, -0.1) is 11.8 Å². The summed E-state index contributed by atoms with van der Waals surface area (Å²) in [5, 5.41) is 4.11. The summed E-state index contributed by atoms with van der Waals surface area (Å²) in [7, 11) is 3.09. The summed E-state index contributed by atoms with van der Waals surface area (Å²) in [6.07, 6.45) is 5.65. The number of thioether (sulfide) groups is 1. The Hall–Kier alpha value is -3.17. The van der Waals surface area contributed by atoms with Gasteiger partial charge in [-0.25, -0.2) is 4.99 Å². The third kappa shape index (κ3) is 4.84. The van der Waals surface area contributed by atoms with E-state index < -0.39 is 6.10 Å². The number of aromatic nitrogens is 1. The van der Waals surface area contributed by atoms with Gasteiger partial charge in [-0.3, -0.25) is 9.59 Å². The zero-order valence-electron chi connectivity index (χ0n) is 17.9. The lowest BCUT2D eigenvalue weighted by molar-refractivity contribution is -0.118. The summed E-state index contributed by atoms with van der Waals surface area (Å²) >= 11 is 1.37. The SMILES string of the molecule is COC1=CC2=NC(CSCC(=O)NCCc3c[nH]c4ccccc34)=NC(=O)C2=CC1OC. The predicted octanol–water partition coefficient (Wildman–Crippen LogP) is 2.42. The van der Waals surface area contributed by atoms with Gasteiger partial charge in [0.05, 0.1) is 29.9 Å². The average Bonchev–Trinajstić information content (AvgIpc) is 3.21. The fraction of sp³-hybridized carbons (Fsp3) is 0.304. The Morgan fingerprint density at radius 3 is 2.91 bits per heavy atom. The van der Waals surface area contributed by atoms with Crippen molar-refractivity contribution in [2.75, 3.05) is 32.3 Å². The van der Waals surface area contributed by atoms with Crippen LogP contribution in [0.15, 0.2) is 63.9 Å². The van der Waals surface area contributed by atoms with E-state index in [1.807, 2.05) is 24.4 Å². The van der Waals surface area contributed by atoms with Gasteiger partial charge in [0.1, 0.15) is 17.7 Å². The molecule has 1 aromatic heterocycles. The van der Waals surface area contributed by atoms with Gasteiger partial charge in [-0.05, 0) is 24.1 Å². The van der Waals surface area contributed by atoms with E-state index in [0.717, 1.165) is 11.9 Å². The Morgan fingerprint density at radius 1 is 1.25 bits per heavy atom. The number of rotatable bonds is 9. The van der Waals surface area contributed by atoms with Crippen molar-refractivity contribution in [1.29, 1.82) is 0 Å². The minimum Gasteiger partial charge on any atom is -0.498 e. The van der Waals surface area contributed by atoms with Crippen molar-refractivity contribution >= 4 is 46.0 Å². The Balaban J connectivity index is 1.25. The highest BCUT2D eigenvalue weighted by atomic mass is 32.2. The number of H-pyrrole nitrogens is 1. The summed E-state index contributed by atoms with van der Waals surface area (Å²) in [6.45, 7) is 0.558. The fourth-order valence-electron chi connectivity index (χ4n) is 3.61. The van der Waals surface area contributed by atoms with E-state index in [0.29, 0.717) is 35.2 Å². The molecule has 0 radical (unpaired) electrons. The second kappa shape index (κ2) is 9.97. The van der Waals surface area contributed by atoms with Crippen LogP contribution in [-0.2, 0) is 25.5 Å². The maximum atomic E-state index is 12.4. The van der Waals surface area contributed by atoms with Gasteiger partial charge in [-0.2, -0.15) is 4.99 Å². The molecule has 1 atom stereocenters. The first-order valence-electron chi connectivity index (χ1n) is 10.2. The van der Waals surface area contributed by atoms with Crippen LogP contribution in [0.4, 0.5) is 0 Å². The molecule has 2 aliphatic rings. The molecule has 2 amide bonds. The zero-order chi connectivity index (χ0) is 22.5. The molecule has 0 spiro atoms. The van der Waals surface area contributed by atoms with Crippen LogP contribution in [0, 0.1) is 0 Å². The maximum Gasteiger partial charge on any atom is 0.280 e. The minimum atomic E-state index is -0.433. The van der Waals surface area contributed by atoms with Gasteiger partial charge in [0.15, 0.2) is 0 Å². The molecule has 2 aromatic rings. The summed E-state index contributed by atoms with van der Waals surface area (Å²) in [4.78, 5) is 36.3. The van der Waals surface area contributed by atoms with Crippen molar-refractivity contribution in [2.24, 2.45) is 9.98 Å². The molecule has 1 aliphatic carbocycles. The van der Waals surface area contributed by atoms with Crippen LogP contribution in [0.5, 0.6) is 0 Å².